The predicted octanol–water partition coefficient (Wildman–Crippen LogP) is 2.63. The molecule has 1 aromatic carbocycles. The second kappa shape index (κ2) is 7.09. The van der Waals surface area contributed by atoms with Gasteiger partial charge in [-0.2, -0.15) is 0 Å². The number of benzene rings is 1. The minimum atomic E-state index is -0.254. The number of rotatable bonds is 5. The molecule has 0 spiro atoms. The quantitative estimate of drug-likeness (QED) is 0.887. The summed E-state index contributed by atoms with van der Waals surface area (Å²) in [4.78, 5) is 20.4. The molecule has 1 amide bonds. The molecule has 1 heterocycles. The molecule has 6 heteroatoms. The SMILES string of the molecule is COc1ccc(CNC(=O)c2cnc(NC(C)(C)C)cn2)cc1. The van der Waals surface area contributed by atoms with Gasteiger partial charge in [-0.15, -0.1) is 0 Å². The minimum absolute atomic E-state index is 0.104. The molecule has 0 saturated carbocycles. The Morgan fingerprint density at radius 1 is 1.13 bits per heavy atom. The van der Waals surface area contributed by atoms with E-state index in [1.165, 1.54) is 6.20 Å². The number of ether oxygens (including phenoxy) is 1. The van der Waals surface area contributed by atoms with Crippen LogP contribution in [0, 0.1) is 0 Å². The average Bonchev–Trinajstić information content (AvgIpc) is 2.52. The predicted molar refractivity (Wildman–Crippen MR) is 89.6 cm³/mol. The van der Waals surface area contributed by atoms with E-state index in [0.717, 1.165) is 11.3 Å². The van der Waals surface area contributed by atoms with Crippen molar-refractivity contribution in [2.45, 2.75) is 32.9 Å². The molecule has 0 atom stereocenters. The number of anilines is 1. The molecule has 2 N–H and O–H groups in total. The van der Waals surface area contributed by atoms with Crippen molar-refractivity contribution >= 4 is 11.7 Å². The lowest BCUT2D eigenvalue weighted by Crippen LogP contribution is -2.27. The van der Waals surface area contributed by atoms with Gasteiger partial charge >= 0.3 is 0 Å². The van der Waals surface area contributed by atoms with Gasteiger partial charge in [0.2, 0.25) is 0 Å². The molecular weight excluding hydrogens is 292 g/mol. The number of aromatic nitrogens is 2. The molecule has 0 aliphatic rings. The molecule has 0 aliphatic heterocycles. The van der Waals surface area contributed by atoms with Crippen molar-refractivity contribution in [3.05, 3.63) is 47.9 Å². The summed E-state index contributed by atoms with van der Waals surface area (Å²) < 4.78 is 5.10. The van der Waals surface area contributed by atoms with E-state index in [1.54, 1.807) is 13.3 Å². The lowest BCUT2D eigenvalue weighted by molar-refractivity contribution is 0.0945. The van der Waals surface area contributed by atoms with Crippen LogP contribution in [0.3, 0.4) is 0 Å². The van der Waals surface area contributed by atoms with Crippen LogP contribution in [-0.4, -0.2) is 28.5 Å². The second-order valence-electron chi connectivity index (χ2n) is 6.19. The van der Waals surface area contributed by atoms with Gasteiger partial charge in [-0.25, -0.2) is 9.97 Å². The fraction of sp³-hybridized carbons (Fsp3) is 0.353. The van der Waals surface area contributed by atoms with Crippen LogP contribution in [0.25, 0.3) is 0 Å². The third-order valence-corrected chi connectivity index (χ3v) is 3.00. The zero-order chi connectivity index (χ0) is 16.9. The first-order chi connectivity index (χ1) is 10.9. The Morgan fingerprint density at radius 3 is 2.35 bits per heavy atom. The molecule has 6 nitrogen and oxygen atoms in total. The number of carbonyl (C=O) groups is 1. The van der Waals surface area contributed by atoms with Crippen molar-refractivity contribution in [1.82, 2.24) is 15.3 Å². The van der Waals surface area contributed by atoms with Gasteiger partial charge in [-0.05, 0) is 38.5 Å². The maximum absolute atomic E-state index is 12.1. The number of methoxy groups -OCH3 is 1. The Labute approximate surface area is 136 Å². The highest BCUT2D eigenvalue weighted by atomic mass is 16.5. The fourth-order valence-electron chi connectivity index (χ4n) is 1.91. The van der Waals surface area contributed by atoms with Gasteiger partial charge in [0.25, 0.3) is 5.91 Å². The minimum Gasteiger partial charge on any atom is -0.497 e. The first kappa shape index (κ1) is 16.7. The van der Waals surface area contributed by atoms with E-state index in [2.05, 4.69) is 20.6 Å². The number of nitrogens with one attached hydrogen (secondary N) is 2. The van der Waals surface area contributed by atoms with Crippen LogP contribution in [-0.2, 0) is 6.54 Å². The van der Waals surface area contributed by atoms with Crippen LogP contribution in [0.15, 0.2) is 36.7 Å². The average molecular weight is 314 g/mol. The summed E-state index contributed by atoms with van der Waals surface area (Å²) in [5.74, 6) is 1.17. The molecule has 0 radical (unpaired) electrons. The Hall–Kier alpha value is -2.63. The van der Waals surface area contributed by atoms with Crippen LogP contribution >= 0.6 is 0 Å². The highest BCUT2D eigenvalue weighted by Gasteiger charge is 2.12. The van der Waals surface area contributed by atoms with Crippen molar-refractivity contribution < 1.29 is 9.53 Å². The number of hydrogen-bond donors (Lipinski definition) is 2. The summed E-state index contributed by atoms with van der Waals surface area (Å²) in [6, 6.07) is 7.52. The number of hydrogen-bond acceptors (Lipinski definition) is 5. The van der Waals surface area contributed by atoms with E-state index >= 15 is 0 Å². The molecule has 2 aromatic rings. The Bertz CT molecular complexity index is 646. The zero-order valence-corrected chi connectivity index (χ0v) is 13.9. The summed E-state index contributed by atoms with van der Waals surface area (Å²) >= 11 is 0. The molecule has 122 valence electrons. The third kappa shape index (κ3) is 5.25. The fourth-order valence-corrected chi connectivity index (χ4v) is 1.91. The molecule has 0 aliphatic carbocycles. The summed E-state index contributed by atoms with van der Waals surface area (Å²) in [5, 5.41) is 6.02. The maximum atomic E-state index is 12.1. The van der Waals surface area contributed by atoms with E-state index in [0.29, 0.717) is 12.4 Å². The Morgan fingerprint density at radius 2 is 1.83 bits per heavy atom. The summed E-state index contributed by atoms with van der Waals surface area (Å²) in [6.07, 6.45) is 3.03. The van der Waals surface area contributed by atoms with Crippen molar-refractivity contribution in [3.8, 4) is 5.75 Å². The van der Waals surface area contributed by atoms with Crippen molar-refractivity contribution in [3.63, 3.8) is 0 Å². The lowest BCUT2D eigenvalue weighted by atomic mass is 10.1. The first-order valence-corrected chi connectivity index (χ1v) is 7.39. The van der Waals surface area contributed by atoms with Crippen molar-refractivity contribution in [1.29, 1.82) is 0 Å². The van der Waals surface area contributed by atoms with Gasteiger partial charge in [0.15, 0.2) is 0 Å². The summed E-state index contributed by atoms with van der Waals surface area (Å²) in [5.41, 5.74) is 1.17. The molecule has 2 rings (SSSR count). The van der Waals surface area contributed by atoms with E-state index < -0.39 is 0 Å². The number of amides is 1. The van der Waals surface area contributed by atoms with Crippen LogP contribution in [0.2, 0.25) is 0 Å². The van der Waals surface area contributed by atoms with Crippen LogP contribution in [0.1, 0.15) is 36.8 Å². The number of nitrogens with zero attached hydrogens (tertiary/aromatic N) is 2. The highest BCUT2D eigenvalue weighted by Crippen LogP contribution is 2.12. The molecule has 23 heavy (non-hydrogen) atoms. The molecule has 0 bridgehead atoms. The topological polar surface area (TPSA) is 76.1 Å². The molecule has 0 fully saturated rings. The lowest BCUT2D eigenvalue weighted by Gasteiger charge is -2.20. The van der Waals surface area contributed by atoms with Gasteiger partial charge < -0.3 is 15.4 Å². The highest BCUT2D eigenvalue weighted by molar-refractivity contribution is 5.91. The van der Waals surface area contributed by atoms with E-state index in [9.17, 15) is 4.79 Å². The number of carbonyl (C=O) groups excluding carboxylic acids is 1. The zero-order valence-electron chi connectivity index (χ0n) is 13.9. The monoisotopic (exact) mass is 314 g/mol. The Balaban J connectivity index is 1.92. The normalized spacial score (nSPS) is 11.0. The second-order valence-corrected chi connectivity index (χ2v) is 6.19. The molecule has 1 aromatic heterocycles. The van der Waals surface area contributed by atoms with Gasteiger partial charge in [0, 0.05) is 12.1 Å². The van der Waals surface area contributed by atoms with Crippen molar-refractivity contribution in [2.75, 3.05) is 12.4 Å². The molecular formula is C17H22N4O2. The molecule has 0 saturated heterocycles. The first-order valence-electron chi connectivity index (χ1n) is 7.39. The van der Waals surface area contributed by atoms with Crippen LogP contribution < -0.4 is 15.4 Å². The Kier molecular flexibility index (Phi) is 5.16. The van der Waals surface area contributed by atoms with E-state index in [1.807, 2.05) is 45.0 Å². The largest absolute Gasteiger partial charge is 0.497 e. The summed E-state index contributed by atoms with van der Waals surface area (Å²) in [7, 11) is 1.62. The third-order valence-electron chi connectivity index (χ3n) is 3.00. The van der Waals surface area contributed by atoms with Crippen LogP contribution in [0.5, 0.6) is 5.75 Å². The van der Waals surface area contributed by atoms with Crippen LogP contribution in [0.4, 0.5) is 5.82 Å². The van der Waals surface area contributed by atoms with Gasteiger partial charge in [0.05, 0.1) is 19.5 Å². The van der Waals surface area contributed by atoms with Crippen molar-refractivity contribution in [2.24, 2.45) is 0 Å². The molecule has 0 unspecified atom stereocenters. The summed E-state index contributed by atoms with van der Waals surface area (Å²) in [6.45, 7) is 6.52. The van der Waals surface area contributed by atoms with E-state index in [-0.39, 0.29) is 17.1 Å². The van der Waals surface area contributed by atoms with Gasteiger partial charge in [0.1, 0.15) is 17.3 Å². The van der Waals surface area contributed by atoms with Gasteiger partial charge in [-0.1, -0.05) is 12.1 Å². The standard InChI is InChI=1S/C17H22N4O2/c1-17(2,3)21-15-11-18-14(10-19-15)16(22)20-9-12-5-7-13(23-4)8-6-12/h5-8,10-11H,9H2,1-4H3,(H,19,21)(H,20,22). The smallest absolute Gasteiger partial charge is 0.271 e. The van der Waals surface area contributed by atoms with E-state index in [4.69, 9.17) is 4.74 Å². The maximum Gasteiger partial charge on any atom is 0.271 e. The van der Waals surface area contributed by atoms with Gasteiger partial charge in [-0.3, -0.25) is 4.79 Å².